The summed E-state index contributed by atoms with van der Waals surface area (Å²) in [6, 6.07) is 12.2. The normalized spacial score (nSPS) is 16.6. The Labute approximate surface area is 190 Å². The number of methoxy groups -OCH3 is 1. The van der Waals surface area contributed by atoms with Crippen molar-refractivity contribution in [3.63, 3.8) is 0 Å². The van der Waals surface area contributed by atoms with E-state index in [9.17, 15) is 13.0 Å². The minimum absolute atomic E-state index is 0.143. The zero-order valence-corrected chi connectivity index (χ0v) is 20.7. The van der Waals surface area contributed by atoms with Gasteiger partial charge in [-0.1, -0.05) is 12.1 Å². The van der Waals surface area contributed by atoms with Crippen LogP contribution in [0, 0.1) is 0 Å². The van der Waals surface area contributed by atoms with Gasteiger partial charge >= 0.3 is 0 Å². The molecule has 2 aromatic carbocycles. The van der Waals surface area contributed by atoms with E-state index < -0.39 is 22.2 Å². The van der Waals surface area contributed by atoms with Crippen LogP contribution in [0.1, 0.15) is 20.3 Å². The molecule has 3 rings (SSSR count). The molecule has 1 heterocycles. The van der Waals surface area contributed by atoms with Crippen LogP contribution in [-0.2, 0) is 14.4 Å². The minimum atomic E-state index is -3.42. The zero-order valence-electron chi connectivity index (χ0n) is 19.0. The number of rotatable bonds is 7. The first-order valence-corrected chi connectivity index (χ1v) is 14.5. The molecule has 0 fully saturated rings. The Hall–Kier alpha value is -2.57. The monoisotopic (exact) mass is 475 g/mol. The first-order valence-electron chi connectivity index (χ1n) is 10.4. The van der Waals surface area contributed by atoms with Gasteiger partial charge in [-0.3, -0.25) is 0 Å². The van der Waals surface area contributed by atoms with E-state index in [1.54, 1.807) is 64.8 Å². The maximum Gasteiger partial charge on any atom is 0.182 e. The summed E-state index contributed by atoms with van der Waals surface area (Å²) < 4.78 is 43.3. The minimum Gasteiger partial charge on any atom is -0.495 e. The lowest BCUT2D eigenvalue weighted by atomic mass is 10.1. The van der Waals surface area contributed by atoms with E-state index in [4.69, 9.17) is 4.74 Å². The highest BCUT2D eigenvalue weighted by Crippen LogP contribution is 2.37. The number of aliphatic imine (C=N–C) groups is 1. The Bertz CT molecular complexity index is 1200. The molecule has 1 unspecified atom stereocenters. The van der Waals surface area contributed by atoms with Crippen molar-refractivity contribution >= 4 is 39.5 Å². The van der Waals surface area contributed by atoms with E-state index in [0.29, 0.717) is 28.6 Å². The van der Waals surface area contributed by atoms with Gasteiger partial charge in [0.05, 0.1) is 34.7 Å². The number of sulfone groups is 1. The molecule has 9 heteroatoms. The van der Waals surface area contributed by atoms with Gasteiger partial charge in [0, 0.05) is 17.9 Å². The molecule has 0 aliphatic carbocycles. The summed E-state index contributed by atoms with van der Waals surface area (Å²) in [7, 11) is -4.25. The molecule has 0 aromatic heterocycles. The number of hydrogen-bond acceptors (Lipinski definition) is 7. The number of benzene rings is 2. The van der Waals surface area contributed by atoms with Crippen molar-refractivity contribution in [2.75, 3.05) is 31.1 Å². The Balaban J connectivity index is 1.78. The van der Waals surface area contributed by atoms with Gasteiger partial charge in [-0.05, 0) is 63.6 Å². The van der Waals surface area contributed by atoms with Gasteiger partial charge in [-0.25, -0.2) is 13.4 Å². The largest absolute Gasteiger partial charge is 0.495 e. The number of para-hydroxylation sites is 1. The van der Waals surface area contributed by atoms with Gasteiger partial charge in [-0.2, -0.15) is 0 Å². The summed E-state index contributed by atoms with van der Waals surface area (Å²) in [5, 5.41) is 6.85. The molecule has 0 saturated carbocycles. The molecule has 1 atom stereocenters. The van der Waals surface area contributed by atoms with Crippen molar-refractivity contribution in [3.8, 4) is 5.75 Å². The van der Waals surface area contributed by atoms with Crippen LogP contribution in [-0.4, -0.2) is 46.0 Å². The summed E-state index contributed by atoms with van der Waals surface area (Å²) in [4.78, 5) is 4.71. The van der Waals surface area contributed by atoms with E-state index >= 15 is 0 Å². The summed E-state index contributed by atoms with van der Waals surface area (Å²) in [5.41, 5.74) is 1.29. The van der Waals surface area contributed by atoms with E-state index in [2.05, 4.69) is 15.6 Å². The second-order valence-corrected chi connectivity index (χ2v) is 14.0. The van der Waals surface area contributed by atoms with Crippen LogP contribution < -0.4 is 20.7 Å². The fraction of sp³-hybridized carbons (Fsp3) is 0.348. The molecule has 32 heavy (non-hydrogen) atoms. The molecule has 2 aromatic rings. The number of ether oxygens (including phenoxy) is 1. The van der Waals surface area contributed by atoms with Crippen LogP contribution in [0.4, 0.5) is 11.4 Å². The molecular formula is C23H30N3O4PS. The number of hydrogen-bond donors (Lipinski definition) is 2. The molecule has 0 spiro atoms. The molecule has 0 bridgehead atoms. The predicted octanol–water partition coefficient (Wildman–Crippen LogP) is 4.33. The van der Waals surface area contributed by atoms with E-state index in [1.807, 2.05) is 24.3 Å². The Morgan fingerprint density at radius 1 is 1.12 bits per heavy atom. The average molecular weight is 476 g/mol. The maximum absolute atomic E-state index is 12.7. The number of anilines is 2. The number of nitrogens with zero attached hydrogens (tertiary/aromatic N) is 1. The molecule has 1 aliphatic heterocycles. The van der Waals surface area contributed by atoms with E-state index in [1.165, 1.54) is 0 Å². The fourth-order valence-corrected chi connectivity index (χ4v) is 5.38. The zero-order chi connectivity index (χ0) is 23.5. The van der Waals surface area contributed by atoms with Gasteiger partial charge in [0.1, 0.15) is 18.7 Å². The summed E-state index contributed by atoms with van der Waals surface area (Å²) in [6.45, 7) is 6.79. The van der Waals surface area contributed by atoms with Crippen LogP contribution >= 0.6 is 7.14 Å². The predicted molar refractivity (Wildman–Crippen MR) is 133 cm³/mol. The van der Waals surface area contributed by atoms with E-state index in [0.717, 1.165) is 11.0 Å². The molecule has 1 aliphatic rings. The van der Waals surface area contributed by atoms with Gasteiger partial charge in [0.25, 0.3) is 0 Å². The highest BCUT2D eigenvalue weighted by Gasteiger charge is 2.24. The van der Waals surface area contributed by atoms with Crippen molar-refractivity contribution in [1.29, 1.82) is 0 Å². The quantitative estimate of drug-likeness (QED) is 0.579. The second kappa shape index (κ2) is 9.51. The molecular weight excluding hydrogens is 445 g/mol. The lowest BCUT2D eigenvalue weighted by Gasteiger charge is -2.23. The molecule has 0 radical (unpaired) electrons. The third-order valence-corrected chi connectivity index (χ3v) is 8.94. The Morgan fingerprint density at radius 3 is 2.50 bits per heavy atom. The lowest BCUT2D eigenvalue weighted by molar-refractivity contribution is 0.417. The van der Waals surface area contributed by atoms with Crippen LogP contribution in [0.3, 0.4) is 0 Å². The summed E-state index contributed by atoms with van der Waals surface area (Å²) in [6.07, 6.45) is 4.11. The van der Waals surface area contributed by atoms with Crippen molar-refractivity contribution in [2.24, 2.45) is 4.99 Å². The molecule has 7 nitrogen and oxygen atoms in total. The van der Waals surface area contributed by atoms with Crippen molar-refractivity contribution in [2.45, 2.75) is 36.5 Å². The highest BCUT2D eigenvalue weighted by molar-refractivity contribution is 7.92. The molecule has 0 saturated heterocycles. The topological polar surface area (TPSA) is 96.9 Å². The molecule has 172 valence electrons. The third kappa shape index (κ3) is 5.43. The molecule has 2 N–H and O–H groups in total. The summed E-state index contributed by atoms with van der Waals surface area (Å²) in [5.74, 6) is 1.29. The first-order chi connectivity index (χ1) is 15.0. The van der Waals surface area contributed by atoms with Crippen LogP contribution in [0.2, 0.25) is 0 Å². The van der Waals surface area contributed by atoms with Gasteiger partial charge < -0.3 is 19.9 Å². The van der Waals surface area contributed by atoms with Crippen molar-refractivity contribution in [3.05, 3.63) is 54.7 Å². The smallest absolute Gasteiger partial charge is 0.182 e. The number of nitrogens with one attached hydrogen (secondary N) is 2. The SMILES string of the molecule is COc1cc(P(C)(C)=O)ccc1NC1=NC=CC(Nc2ccccc2S(=O)(=O)C(C)C)C1. The lowest BCUT2D eigenvalue weighted by Crippen LogP contribution is -2.28. The third-order valence-electron chi connectivity index (χ3n) is 5.20. The van der Waals surface area contributed by atoms with Crippen molar-refractivity contribution in [1.82, 2.24) is 0 Å². The average Bonchev–Trinajstić information content (AvgIpc) is 2.73. The fourth-order valence-electron chi connectivity index (χ4n) is 3.31. The maximum atomic E-state index is 12.7. The molecule has 0 amide bonds. The van der Waals surface area contributed by atoms with Crippen LogP contribution in [0.5, 0.6) is 5.75 Å². The Kier molecular flexibility index (Phi) is 7.16. The van der Waals surface area contributed by atoms with Gasteiger partial charge in [0.2, 0.25) is 0 Å². The van der Waals surface area contributed by atoms with Crippen LogP contribution in [0.25, 0.3) is 0 Å². The van der Waals surface area contributed by atoms with Crippen molar-refractivity contribution < 1.29 is 17.7 Å². The number of amidine groups is 1. The highest BCUT2D eigenvalue weighted by atomic mass is 32.2. The van der Waals surface area contributed by atoms with Gasteiger partial charge in [-0.15, -0.1) is 0 Å². The van der Waals surface area contributed by atoms with Crippen LogP contribution in [0.15, 0.2) is 64.6 Å². The first kappa shape index (κ1) is 24.1. The standard InChI is InChI=1S/C23H30N3O4PS/c1-16(2)32(28,29)22-9-7-6-8-20(22)25-17-12-13-24-23(14-17)26-19-11-10-18(31(4,5)27)15-21(19)30-3/h6-13,15-17,25H,14H2,1-5H3,(H,24,26). The van der Waals surface area contributed by atoms with E-state index in [-0.39, 0.29) is 6.04 Å². The Morgan fingerprint density at radius 2 is 1.84 bits per heavy atom. The summed E-state index contributed by atoms with van der Waals surface area (Å²) >= 11 is 0. The second-order valence-electron chi connectivity index (χ2n) is 8.32. The van der Waals surface area contributed by atoms with Gasteiger partial charge in [0.15, 0.2) is 9.84 Å².